The zero-order valence-electron chi connectivity index (χ0n) is 21.3. The summed E-state index contributed by atoms with van der Waals surface area (Å²) in [5.41, 5.74) is 4.24. The summed E-state index contributed by atoms with van der Waals surface area (Å²) in [5, 5.41) is 14.4. The second-order valence-corrected chi connectivity index (χ2v) is 9.67. The Hall–Kier alpha value is -3.40. The van der Waals surface area contributed by atoms with Gasteiger partial charge >= 0.3 is 12.1 Å². The minimum atomic E-state index is -5.08. The van der Waals surface area contributed by atoms with Crippen LogP contribution in [0.3, 0.4) is 0 Å². The number of carboxylic acids is 1. The van der Waals surface area contributed by atoms with E-state index in [4.69, 9.17) is 21.5 Å². The molecule has 1 heterocycles. The molecule has 1 fully saturated rings. The molecular formula is C29H31ClF3N3O3. The molecule has 10 heteroatoms. The van der Waals surface area contributed by atoms with Crippen molar-refractivity contribution in [3.63, 3.8) is 0 Å². The van der Waals surface area contributed by atoms with Crippen molar-refractivity contribution in [2.45, 2.75) is 44.7 Å². The predicted octanol–water partition coefficient (Wildman–Crippen LogP) is 5.66. The number of aliphatic carboxylic acids is 1. The van der Waals surface area contributed by atoms with E-state index in [1.807, 2.05) is 48.5 Å². The van der Waals surface area contributed by atoms with Crippen LogP contribution in [-0.4, -0.2) is 47.2 Å². The molecule has 1 saturated heterocycles. The Balaban J connectivity index is 0.000000532. The Kier molecular flexibility index (Phi) is 11.3. The smallest absolute Gasteiger partial charge is 0.475 e. The van der Waals surface area contributed by atoms with Gasteiger partial charge in [-0.25, -0.2) is 4.79 Å². The standard InChI is InChI=1S/C27H30ClN3O.C2HF3O2/c28-25-8-4-7-23(17-25)19-30-27(32)24-11-9-21(10-12-24)18-29-26-13-15-31(16-14-26)20-22-5-2-1-3-6-22;3-2(4,5)1(6)7/h1-12,17,26,29H,13-16,18-20H2,(H,30,32);(H,6,7). The van der Waals surface area contributed by atoms with E-state index in [1.165, 1.54) is 11.1 Å². The van der Waals surface area contributed by atoms with Crippen molar-refractivity contribution < 1.29 is 27.9 Å². The van der Waals surface area contributed by atoms with E-state index in [0.29, 0.717) is 23.2 Å². The van der Waals surface area contributed by atoms with Crippen molar-refractivity contribution in [2.75, 3.05) is 13.1 Å². The molecule has 6 nitrogen and oxygen atoms in total. The normalized spacial score (nSPS) is 14.3. The molecule has 39 heavy (non-hydrogen) atoms. The second kappa shape index (κ2) is 14.7. The van der Waals surface area contributed by atoms with E-state index in [-0.39, 0.29) is 5.91 Å². The van der Waals surface area contributed by atoms with E-state index in [2.05, 4.69) is 45.9 Å². The molecule has 1 aliphatic rings. The van der Waals surface area contributed by atoms with E-state index in [0.717, 1.165) is 44.6 Å². The van der Waals surface area contributed by atoms with Gasteiger partial charge in [-0.05, 0) is 66.9 Å². The molecule has 1 aliphatic heterocycles. The topological polar surface area (TPSA) is 81.7 Å². The molecular weight excluding hydrogens is 531 g/mol. The monoisotopic (exact) mass is 561 g/mol. The maximum absolute atomic E-state index is 12.4. The second-order valence-electron chi connectivity index (χ2n) is 9.23. The van der Waals surface area contributed by atoms with Crippen LogP contribution in [0.2, 0.25) is 5.02 Å². The van der Waals surface area contributed by atoms with Crippen LogP contribution < -0.4 is 10.6 Å². The molecule has 208 valence electrons. The third kappa shape index (κ3) is 10.7. The van der Waals surface area contributed by atoms with Gasteiger partial charge in [-0.2, -0.15) is 13.2 Å². The number of alkyl halides is 3. The van der Waals surface area contributed by atoms with Crippen molar-refractivity contribution in [1.29, 1.82) is 0 Å². The number of rotatable bonds is 8. The summed E-state index contributed by atoms with van der Waals surface area (Å²) < 4.78 is 31.7. The number of benzene rings is 3. The summed E-state index contributed by atoms with van der Waals surface area (Å²) in [6, 6.07) is 26.6. The van der Waals surface area contributed by atoms with E-state index in [1.54, 1.807) is 0 Å². The summed E-state index contributed by atoms with van der Waals surface area (Å²) in [6.45, 7) is 4.57. The first-order chi connectivity index (χ1) is 18.6. The van der Waals surface area contributed by atoms with Crippen LogP contribution in [0.5, 0.6) is 0 Å². The molecule has 0 radical (unpaired) electrons. The Bertz CT molecular complexity index is 1200. The summed E-state index contributed by atoms with van der Waals surface area (Å²) in [5.74, 6) is -2.83. The number of piperidine rings is 1. The van der Waals surface area contributed by atoms with Crippen LogP contribution in [0.1, 0.15) is 39.9 Å². The average molecular weight is 562 g/mol. The molecule has 0 bridgehead atoms. The minimum Gasteiger partial charge on any atom is -0.475 e. The summed E-state index contributed by atoms with van der Waals surface area (Å²) in [6.07, 6.45) is -2.76. The first-order valence-corrected chi connectivity index (χ1v) is 12.9. The average Bonchev–Trinajstić information content (AvgIpc) is 2.92. The molecule has 0 unspecified atom stereocenters. The van der Waals surface area contributed by atoms with Crippen LogP contribution in [0.15, 0.2) is 78.9 Å². The molecule has 3 aromatic carbocycles. The Morgan fingerprint density at radius 2 is 1.49 bits per heavy atom. The molecule has 0 spiro atoms. The van der Waals surface area contributed by atoms with Gasteiger partial charge in [0.1, 0.15) is 0 Å². The largest absolute Gasteiger partial charge is 0.490 e. The van der Waals surface area contributed by atoms with Gasteiger partial charge in [0.2, 0.25) is 0 Å². The quantitative estimate of drug-likeness (QED) is 0.331. The van der Waals surface area contributed by atoms with Crippen molar-refractivity contribution in [1.82, 2.24) is 15.5 Å². The highest BCUT2D eigenvalue weighted by Gasteiger charge is 2.38. The van der Waals surface area contributed by atoms with Gasteiger partial charge in [-0.15, -0.1) is 0 Å². The van der Waals surface area contributed by atoms with Gasteiger partial charge in [0.15, 0.2) is 0 Å². The van der Waals surface area contributed by atoms with Crippen LogP contribution in [-0.2, 0) is 24.4 Å². The number of amides is 1. The lowest BCUT2D eigenvalue weighted by Gasteiger charge is -2.32. The fraction of sp³-hybridized carbons (Fsp3) is 0.310. The fourth-order valence-corrected chi connectivity index (χ4v) is 4.32. The predicted molar refractivity (Wildman–Crippen MR) is 144 cm³/mol. The van der Waals surface area contributed by atoms with E-state index >= 15 is 0 Å². The lowest BCUT2D eigenvalue weighted by molar-refractivity contribution is -0.192. The first-order valence-electron chi connectivity index (χ1n) is 12.5. The first kappa shape index (κ1) is 30.1. The summed E-state index contributed by atoms with van der Waals surface area (Å²) >= 11 is 6.00. The minimum absolute atomic E-state index is 0.0738. The van der Waals surface area contributed by atoms with Crippen molar-refractivity contribution in [3.05, 3.63) is 106 Å². The molecule has 1 amide bonds. The van der Waals surface area contributed by atoms with Crippen molar-refractivity contribution in [2.24, 2.45) is 0 Å². The third-order valence-electron chi connectivity index (χ3n) is 6.23. The third-order valence-corrected chi connectivity index (χ3v) is 6.47. The lowest BCUT2D eigenvalue weighted by Crippen LogP contribution is -2.41. The highest BCUT2D eigenvalue weighted by atomic mass is 35.5. The fourth-order valence-electron chi connectivity index (χ4n) is 4.10. The molecule has 0 aliphatic carbocycles. The number of halogens is 4. The van der Waals surface area contributed by atoms with Crippen LogP contribution in [0, 0.1) is 0 Å². The van der Waals surface area contributed by atoms with E-state index < -0.39 is 12.1 Å². The molecule has 0 saturated carbocycles. The number of hydrogen-bond acceptors (Lipinski definition) is 4. The van der Waals surface area contributed by atoms with Gasteiger partial charge < -0.3 is 15.7 Å². The van der Waals surface area contributed by atoms with Gasteiger partial charge in [-0.1, -0.05) is 66.2 Å². The lowest BCUT2D eigenvalue weighted by atomic mass is 10.0. The van der Waals surface area contributed by atoms with Gasteiger partial charge in [-0.3, -0.25) is 9.69 Å². The molecule has 4 rings (SSSR count). The SMILES string of the molecule is O=C(NCc1cccc(Cl)c1)c1ccc(CNC2CCN(Cc3ccccc3)CC2)cc1.O=C(O)C(F)(F)F. The summed E-state index contributed by atoms with van der Waals surface area (Å²) in [7, 11) is 0. The molecule has 3 N–H and O–H groups in total. The molecule has 3 aromatic rings. The zero-order valence-corrected chi connectivity index (χ0v) is 22.0. The van der Waals surface area contributed by atoms with Gasteiger partial charge in [0.05, 0.1) is 0 Å². The number of nitrogens with zero attached hydrogens (tertiary/aromatic N) is 1. The maximum atomic E-state index is 12.4. The number of carbonyl (C=O) groups excluding carboxylic acids is 1. The van der Waals surface area contributed by atoms with Crippen molar-refractivity contribution in [3.8, 4) is 0 Å². The number of nitrogens with one attached hydrogen (secondary N) is 2. The Morgan fingerprint density at radius 1 is 0.872 bits per heavy atom. The Labute approximate surface area is 230 Å². The number of carbonyl (C=O) groups is 2. The van der Waals surface area contributed by atoms with Crippen LogP contribution >= 0.6 is 11.6 Å². The van der Waals surface area contributed by atoms with Crippen LogP contribution in [0.4, 0.5) is 13.2 Å². The van der Waals surface area contributed by atoms with Crippen molar-refractivity contribution >= 4 is 23.5 Å². The highest BCUT2D eigenvalue weighted by Crippen LogP contribution is 2.15. The number of hydrogen-bond donors (Lipinski definition) is 3. The van der Waals surface area contributed by atoms with Gasteiger partial charge in [0, 0.05) is 36.3 Å². The maximum Gasteiger partial charge on any atom is 0.490 e. The Morgan fingerprint density at radius 3 is 2.08 bits per heavy atom. The molecule has 0 atom stereocenters. The van der Waals surface area contributed by atoms with Crippen LogP contribution in [0.25, 0.3) is 0 Å². The van der Waals surface area contributed by atoms with E-state index in [9.17, 15) is 18.0 Å². The highest BCUT2D eigenvalue weighted by molar-refractivity contribution is 6.30. The summed E-state index contributed by atoms with van der Waals surface area (Å²) in [4.78, 5) is 23.8. The van der Waals surface area contributed by atoms with Gasteiger partial charge in [0.25, 0.3) is 5.91 Å². The molecule has 0 aromatic heterocycles. The number of likely N-dealkylation sites (tertiary alicyclic amines) is 1. The number of carboxylic acid groups (broad SMARTS) is 1. The zero-order chi connectivity index (χ0) is 28.3.